The zero-order valence-electron chi connectivity index (χ0n) is 13.8. The Labute approximate surface area is 152 Å². The average molecular weight is 366 g/mol. The summed E-state index contributed by atoms with van der Waals surface area (Å²) in [5, 5.41) is 22.9. The number of thioether (sulfide) groups is 1. The molecule has 0 saturated heterocycles. The molecule has 1 N–H and O–H groups in total. The third-order valence-corrected chi connectivity index (χ3v) is 4.83. The Kier molecular flexibility index (Phi) is 4.18. The van der Waals surface area contributed by atoms with Gasteiger partial charge in [-0.2, -0.15) is 4.68 Å². The number of hydrogen-bond acceptors (Lipinski definition) is 7. The van der Waals surface area contributed by atoms with Crippen LogP contribution in [0.1, 0.15) is 11.1 Å². The van der Waals surface area contributed by atoms with E-state index in [1.807, 2.05) is 31.2 Å². The molecule has 0 aliphatic heterocycles. The van der Waals surface area contributed by atoms with E-state index in [1.165, 1.54) is 23.9 Å². The molecule has 0 bridgehead atoms. The fraction of sp³-hybridized carbons (Fsp3) is 0.111. The number of benzene rings is 2. The molecular formula is C18H14N4O3S. The molecule has 0 fully saturated rings. The number of rotatable bonds is 4. The Balaban J connectivity index is 1.66. The lowest BCUT2D eigenvalue weighted by Crippen LogP contribution is -2.01. The van der Waals surface area contributed by atoms with E-state index in [2.05, 4.69) is 15.5 Å². The van der Waals surface area contributed by atoms with Crippen molar-refractivity contribution in [3.63, 3.8) is 0 Å². The third-order valence-electron chi connectivity index (χ3n) is 3.86. The molecule has 2 aromatic carbocycles. The van der Waals surface area contributed by atoms with Gasteiger partial charge in [0.25, 0.3) is 0 Å². The predicted molar refractivity (Wildman–Crippen MR) is 97.6 cm³/mol. The molecule has 0 spiro atoms. The van der Waals surface area contributed by atoms with Gasteiger partial charge in [0.05, 0.1) is 5.69 Å². The van der Waals surface area contributed by atoms with E-state index in [0.717, 1.165) is 22.2 Å². The van der Waals surface area contributed by atoms with Crippen molar-refractivity contribution in [2.75, 3.05) is 0 Å². The molecular weight excluding hydrogens is 352 g/mol. The molecule has 0 radical (unpaired) electrons. The Hall–Kier alpha value is -3.13. The summed E-state index contributed by atoms with van der Waals surface area (Å²) < 4.78 is 6.82. The largest absolute Gasteiger partial charge is 0.508 e. The van der Waals surface area contributed by atoms with E-state index in [0.29, 0.717) is 16.5 Å². The Morgan fingerprint density at radius 3 is 2.92 bits per heavy atom. The second kappa shape index (κ2) is 6.64. The highest BCUT2D eigenvalue weighted by Crippen LogP contribution is 2.28. The van der Waals surface area contributed by atoms with E-state index < -0.39 is 5.63 Å². The van der Waals surface area contributed by atoms with E-state index in [-0.39, 0.29) is 5.75 Å². The first kappa shape index (κ1) is 16.3. The summed E-state index contributed by atoms with van der Waals surface area (Å²) in [7, 11) is 0. The van der Waals surface area contributed by atoms with Gasteiger partial charge in [0.1, 0.15) is 11.3 Å². The van der Waals surface area contributed by atoms with Crippen LogP contribution in [0.25, 0.3) is 16.7 Å². The van der Waals surface area contributed by atoms with Crippen LogP contribution in [0.4, 0.5) is 0 Å². The van der Waals surface area contributed by atoms with Crippen molar-refractivity contribution >= 4 is 22.7 Å². The molecule has 2 aromatic heterocycles. The highest BCUT2D eigenvalue weighted by Gasteiger charge is 2.12. The molecule has 0 aliphatic rings. The molecule has 0 amide bonds. The molecule has 2 heterocycles. The highest BCUT2D eigenvalue weighted by atomic mass is 32.2. The molecule has 8 heteroatoms. The van der Waals surface area contributed by atoms with Gasteiger partial charge in [0, 0.05) is 23.3 Å². The van der Waals surface area contributed by atoms with Crippen LogP contribution < -0.4 is 5.63 Å². The zero-order valence-corrected chi connectivity index (χ0v) is 14.6. The second-order valence-electron chi connectivity index (χ2n) is 5.77. The lowest BCUT2D eigenvalue weighted by Gasteiger charge is -2.07. The van der Waals surface area contributed by atoms with Crippen LogP contribution in [0, 0.1) is 6.92 Å². The maximum Gasteiger partial charge on any atom is 0.336 e. The molecule has 0 saturated carbocycles. The number of aromatic hydroxyl groups is 1. The Morgan fingerprint density at radius 2 is 2.08 bits per heavy atom. The summed E-state index contributed by atoms with van der Waals surface area (Å²) in [5.41, 5.74) is 2.67. The topological polar surface area (TPSA) is 94.0 Å². The number of fused-ring (bicyclic) bond motifs is 1. The van der Waals surface area contributed by atoms with Crippen molar-refractivity contribution in [1.29, 1.82) is 0 Å². The second-order valence-corrected chi connectivity index (χ2v) is 6.71. The first-order valence-corrected chi connectivity index (χ1v) is 8.83. The predicted octanol–water partition coefficient (Wildman–Crippen LogP) is 3.08. The first-order valence-electron chi connectivity index (χ1n) is 7.84. The molecule has 4 rings (SSSR count). The van der Waals surface area contributed by atoms with Gasteiger partial charge in [-0.1, -0.05) is 23.9 Å². The Bertz CT molecular complexity index is 1150. The molecule has 0 aliphatic carbocycles. The van der Waals surface area contributed by atoms with Gasteiger partial charge < -0.3 is 9.52 Å². The molecule has 130 valence electrons. The van der Waals surface area contributed by atoms with E-state index in [4.69, 9.17) is 4.42 Å². The SMILES string of the molecule is Cc1cccc(-n2nnnc2SCc2cc(=O)oc3cc(O)ccc23)c1. The molecule has 0 unspecified atom stereocenters. The normalized spacial score (nSPS) is 11.1. The van der Waals surface area contributed by atoms with E-state index >= 15 is 0 Å². The van der Waals surface area contributed by atoms with Crippen molar-refractivity contribution in [3.8, 4) is 11.4 Å². The summed E-state index contributed by atoms with van der Waals surface area (Å²) in [6.07, 6.45) is 0. The van der Waals surface area contributed by atoms with Gasteiger partial charge in [-0.15, -0.1) is 5.10 Å². The van der Waals surface area contributed by atoms with E-state index in [9.17, 15) is 9.90 Å². The van der Waals surface area contributed by atoms with Crippen LogP contribution in [0.2, 0.25) is 0 Å². The van der Waals surface area contributed by atoms with Crippen molar-refractivity contribution in [2.45, 2.75) is 17.8 Å². The lowest BCUT2D eigenvalue weighted by atomic mass is 10.1. The number of hydrogen-bond donors (Lipinski definition) is 1. The lowest BCUT2D eigenvalue weighted by molar-refractivity contribution is 0.473. The maximum atomic E-state index is 11.8. The minimum atomic E-state index is -0.461. The number of phenols is 1. The molecule has 4 aromatic rings. The summed E-state index contributed by atoms with van der Waals surface area (Å²) in [6.45, 7) is 2.01. The van der Waals surface area contributed by atoms with Crippen LogP contribution in [0.15, 0.2) is 62.9 Å². The summed E-state index contributed by atoms with van der Waals surface area (Å²) >= 11 is 1.42. The molecule has 26 heavy (non-hydrogen) atoms. The van der Waals surface area contributed by atoms with Crippen LogP contribution in [-0.2, 0) is 5.75 Å². The quantitative estimate of drug-likeness (QED) is 0.438. The van der Waals surface area contributed by atoms with Crippen molar-refractivity contribution in [3.05, 3.63) is 70.1 Å². The number of aryl methyl sites for hydroxylation is 1. The fourth-order valence-electron chi connectivity index (χ4n) is 2.67. The van der Waals surface area contributed by atoms with E-state index in [1.54, 1.807) is 16.8 Å². The maximum absolute atomic E-state index is 11.8. The third kappa shape index (κ3) is 3.18. The van der Waals surface area contributed by atoms with Gasteiger partial charge >= 0.3 is 5.63 Å². The number of aromatic nitrogens is 4. The van der Waals surface area contributed by atoms with Gasteiger partial charge in [-0.05, 0) is 52.7 Å². The number of phenolic OH excluding ortho intramolecular Hbond substituents is 1. The standard InChI is InChI=1S/C18H14N4O3S/c1-11-3-2-4-13(7-11)22-18(19-20-21-22)26-10-12-8-17(24)25-16-9-14(23)5-6-15(12)16/h2-9,23H,10H2,1H3. The van der Waals surface area contributed by atoms with Crippen molar-refractivity contribution in [1.82, 2.24) is 20.2 Å². The summed E-state index contributed by atoms with van der Waals surface area (Å²) in [4.78, 5) is 11.8. The monoisotopic (exact) mass is 366 g/mol. The average Bonchev–Trinajstić information content (AvgIpc) is 3.07. The van der Waals surface area contributed by atoms with Crippen LogP contribution >= 0.6 is 11.8 Å². The van der Waals surface area contributed by atoms with Gasteiger partial charge in [-0.25, -0.2) is 4.79 Å². The summed E-state index contributed by atoms with van der Waals surface area (Å²) in [5.74, 6) is 0.535. The van der Waals surface area contributed by atoms with Crippen LogP contribution in [-0.4, -0.2) is 25.3 Å². The minimum Gasteiger partial charge on any atom is -0.508 e. The molecule has 7 nitrogen and oxygen atoms in total. The fourth-order valence-corrected chi connectivity index (χ4v) is 3.55. The van der Waals surface area contributed by atoms with Crippen LogP contribution in [0.5, 0.6) is 5.75 Å². The highest BCUT2D eigenvalue weighted by molar-refractivity contribution is 7.98. The van der Waals surface area contributed by atoms with Gasteiger partial charge in [-0.3, -0.25) is 0 Å². The number of nitrogens with zero attached hydrogens (tertiary/aromatic N) is 4. The van der Waals surface area contributed by atoms with Crippen molar-refractivity contribution < 1.29 is 9.52 Å². The van der Waals surface area contributed by atoms with Crippen LogP contribution in [0.3, 0.4) is 0 Å². The Morgan fingerprint density at radius 1 is 1.19 bits per heavy atom. The smallest absolute Gasteiger partial charge is 0.336 e. The van der Waals surface area contributed by atoms with Gasteiger partial charge in [0.2, 0.25) is 5.16 Å². The first-order chi connectivity index (χ1) is 12.6. The number of tetrazole rings is 1. The molecule has 0 atom stereocenters. The zero-order chi connectivity index (χ0) is 18.1. The minimum absolute atomic E-state index is 0.0499. The van der Waals surface area contributed by atoms with Gasteiger partial charge in [0.15, 0.2) is 0 Å². The summed E-state index contributed by atoms with van der Waals surface area (Å²) in [6, 6.07) is 14.1. The van der Waals surface area contributed by atoms with Crippen molar-refractivity contribution in [2.24, 2.45) is 0 Å².